The van der Waals surface area contributed by atoms with Crippen molar-refractivity contribution in [1.29, 1.82) is 0 Å². The van der Waals surface area contributed by atoms with E-state index in [1.54, 1.807) is 22.2 Å². The summed E-state index contributed by atoms with van der Waals surface area (Å²) in [4.78, 5) is 34.3. The van der Waals surface area contributed by atoms with Crippen molar-refractivity contribution in [3.63, 3.8) is 0 Å². The molecule has 0 aliphatic heterocycles. The molecule has 0 aromatic carbocycles. The molecule has 1 amide bonds. The van der Waals surface area contributed by atoms with Crippen LogP contribution in [0, 0.1) is 5.92 Å². The maximum atomic E-state index is 13.0. The van der Waals surface area contributed by atoms with Crippen LogP contribution in [0.3, 0.4) is 0 Å². The molecular formula is C20H27N3O2S. The Balaban J connectivity index is 1.50. The zero-order valence-corrected chi connectivity index (χ0v) is 16.3. The minimum absolute atomic E-state index is 0.0337. The van der Waals surface area contributed by atoms with Crippen LogP contribution in [0.15, 0.2) is 11.1 Å². The second-order valence-electron chi connectivity index (χ2n) is 7.67. The van der Waals surface area contributed by atoms with E-state index in [0.29, 0.717) is 18.9 Å². The molecule has 2 aromatic heterocycles. The molecule has 26 heavy (non-hydrogen) atoms. The molecule has 6 heteroatoms. The lowest BCUT2D eigenvalue weighted by Crippen LogP contribution is -2.35. The van der Waals surface area contributed by atoms with Crippen molar-refractivity contribution in [1.82, 2.24) is 14.5 Å². The Hall–Kier alpha value is -1.69. The Morgan fingerprint density at radius 2 is 2.15 bits per heavy atom. The lowest BCUT2D eigenvalue weighted by molar-refractivity contribution is -0.131. The molecule has 0 atom stereocenters. The number of carbonyl (C=O) groups excluding carboxylic acids is 1. The van der Waals surface area contributed by atoms with E-state index in [1.807, 2.05) is 4.90 Å². The van der Waals surface area contributed by atoms with E-state index in [1.165, 1.54) is 29.7 Å². The lowest BCUT2D eigenvalue weighted by atomic mass is 9.97. The van der Waals surface area contributed by atoms with E-state index in [0.717, 1.165) is 49.0 Å². The summed E-state index contributed by atoms with van der Waals surface area (Å²) in [6.45, 7) is 4.24. The molecule has 0 radical (unpaired) electrons. The fourth-order valence-electron chi connectivity index (χ4n) is 3.91. The van der Waals surface area contributed by atoms with Crippen molar-refractivity contribution in [3.8, 4) is 0 Å². The van der Waals surface area contributed by atoms with Gasteiger partial charge in [-0.2, -0.15) is 0 Å². The average Bonchev–Trinajstić information content (AvgIpc) is 3.38. The van der Waals surface area contributed by atoms with Gasteiger partial charge in [0.1, 0.15) is 4.83 Å². The van der Waals surface area contributed by atoms with E-state index >= 15 is 0 Å². The van der Waals surface area contributed by atoms with Crippen LogP contribution < -0.4 is 5.56 Å². The fourth-order valence-corrected chi connectivity index (χ4v) is 5.13. The number of rotatable bonds is 7. The first-order valence-corrected chi connectivity index (χ1v) is 10.8. The molecule has 0 unspecified atom stereocenters. The summed E-state index contributed by atoms with van der Waals surface area (Å²) in [5, 5.41) is 0.808. The number of fused-ring (bicyclic) bond motifs is 3. The molecule has 2 aliphatic carbocycles. The molecule has 4 rings (SSSR count). The van der Waals surface area contributed by atoms with Gasteiger partial charge in [0.05, 0.1) is 11.7 Å². The Morgan fingerprint density at radius 1 is 1.35 bits per heavy atom. The molecule has 5 nitrogen and oxygen atoms in total. The number of nitrogens with zero attached hydrogens (tertiary/aromatic N) is 3. The number of hydrogen-bond donors (Lipinski definition) is 0. The first kappa shape index (κ1) is 17.7. The van der Waals surface area contributed by atoms with E-state index < -0.39 is 0 Å². The van der Waals surface area contributed by atoms with Gasteiger partial charge in [-0.15, -0.1) is 11.3 Å². The monoisotopic (exact) mass is 373 g/mol. The molecule has 1 saturated carbocycles. The quantitative estimate of drug-likeness (QED) is 0.748. The predicted molar refractivity (Wildman–Crippen MR) is 105 cm³/mol. The molecule has 0 bridgehead atoms. The highest BCUT2D eigenvalue weighted by Gasteiger charge is 2.26. The Labute approximate surface area is 158 Å². The smallest absolute Gasteiger partial charge is 0.262 e. The summed E-state index contributed by atoms with van der Waals surface area (Å²) in [5.41, 5.74) is 1.25. The summed E-state index contributed by atoms with van der Waals surface area (Å²) in [6.07, 6.45) is 9.90. The molecule has 0 spiro atoms. The van der Waals surface area contributed by atoms with Gasteiger partial charge >= 0.3 is 0 Å². The van der Waals surface area contributed by atoms with Gasteiger partial charge in [-0.25, -0.2) is 4.98 Å². The van der Waals surface area contributed by atoms with Crippen LogP contribution >= 0.6 is 11.3 Å². The SMILES string of the molecule is CCCN(CC1CC1)C(=O)CCn1cnc2sc3c(c2c1=O)CCCC3. The van der Waals surface area contributed by atoms with Gasteiger partial charge in [0.25, 0.3) is 5.56 Å². The molecule has 140 valence electrons. The third kappa shape index (κ3) is 3.56. The summed E-state index contributed by atoms with van der Waals surface area (Å²) >= 11 is 1.67. The van der Waals surface area contributed by atoms with Gasteiger partial charge in [-0.3, -0.25) is 14.2 Å². The minimum Gasteiger partial charge on any atom is -0.342 e. The van der Waals surface area contributed by atoms with Crippen LogP contribution in [-0.4, -0.2) is 33.4 Å². The molecule has 0 N–H and O–H groups in total. The van der Waals surface area contributed by atoms with Crippen molar-refractivity contribution in [2.75, 3.05) is 13.1 Å². The first-order chi connectivity index (χ1) is 12.7. The standard InChI is InChI=1S/C20H27N3O2S/c1-2-10-22(12-14-7-8-14)17(24)9-11-23-13-21-19-18(20(23)25)15-5-3-4-6-16(15)26-19/h13-14H,2-12H2,1H3. The zero-order chi connectivity index (χ0) is 18.1. The predicted octanol–water partition coefficient (Wildman–Crippen LogP) is 3.38. The first-order valence-electron chi connectivity index (χ1n) is 9.94. The maximum absolute atomic E-state index is 13.0. The third-order valence-electron chi connectivity index (χ3n) is 5.53. The van der Waals surface area contributed by atoms with Gasteiger partial charge in [0.2, 0.25) is 5.91 Å². The summed E-state index contributed by atoms with van der Waals surface area (Å²) in [5.74, 6) is 0.863. The van der Waals surface area contributed by atoms with E-state index in [4.69, 9.17) is 0 Å². The van der Waals surface area contributed by atoms with Gasteiger partial charge in [0, 0.05) is 30.9 Å². The van der Waals surface area contributed by atoms with Crippen molar-refractivity contribution in [3.05, 3.63) is 27.1 Å². The van der Waals surface area contributed by atoms with E-state index in [2.05, 4.69) is 11.9 Å². The highest BCUT2D eigenvalue weighted by molar-refractivity contribution is 7.18. The minimum atomic E-state index is 0.0337. The van der Waals surface area contributed by atoms with Crippen molar-refractivity contribution in [2.45, 2.75) is 64.8 Å². The van der Waals surface area contributed by atoms with Gasteiger partial charge in [-0.1, -0.05) is 6.92 Å². The average molecular weight is 374 g/mol. The van der Waals surface area contributed by atoms with Crippen molar-refractivity contribution >= 4 is 27.5 Å². The maximum Gasteiger partial charge on any atom is 0.262 e. The molecule has 2 heterocycles. The van der Waals surface area contributed by atoms with Gasteiger partial charge < -0.3 is 4.90 Å². The van der Waals surface area contributed by atoms with Crippen LogP contribution in [0.4, 0.5) is 0 Å². The summed E-state index contributed by atoms with van der Waals surface area (Å²) < 4.78 is 1.64. The number of carbonyl (C=O) groups is 1. The number of aryl methyl sites for hydroxylation is 3. The zero-order valence-electron chi connectivity index (χ0n) is 15.5. The van der Waals surface area contributed by atoms with Gasteiger partial charge in [-0.05, 0) is 56.4 Å². The topological polar surface area (TPSA) is 55.2 Å². The second kappa shape index (κ2) is 7.51. The molecule has 2 aliphatic rings. The summed E-state index contributed by atoms with van der Waals surface area (Å²) in [7, 11) is 0. The van der Waals surface area contributed by atoms with Crippen LogP contribution in [0.2, 0.25) is 0 Å². The van der Waals surface area contributed by atoms with Crippen LogP contribution in [0.1, 0.15) is 55.9 Å². The van der Waals surface area contributed by atoms with E-state index in [-0.39, 0.29) is 11.5 Å². The molecule has 1 fully saturated rings. The van der Waals surface area contributed by atoms with E-state index in [9.17, 15) is 9.59 Å². The Kier molecular flexibility index (Phi) is 5.11. The number of amides is 1. The number of hydrogen-bond acceptors (Lipinski definition) is 4. The number of thiophene rings is 1. The summed E-state index contributed by atoms with van der Waals surface area (Å²) in [6, 6.07) is 0. The molecule has 0 saturated heterocycles. The normalized spacial score (nSPS) is 16.7. The van der Waals surface area contributed by atoms with Crippen molar-refractivity contribution < 1.29 is 4.79 Å². The van der Waals surface area contributed by atoms with Crippen LogP contribution in [-0.2, 0) is 24.2 Å². The van der Waals surface area contributed by atoms with Crippen LogP contribution in [0.25, 0.3) is 10.2 Å². The highest BCUT2D eigenvalue weighted by Crippen LogP contribution is 2.33. The largest absolute Gasteiger partial charge is 0.342 e. The Bertz CT molecular complexity index is 866. The Morgan fingerprint density at radius 3 is 2.92 bits per heavy atom. The fraction of sp³-hybridized carbons (Fsp3) is 0.650. The molecular weight excluding hydrogens is 346 g/mol. The second-order valence-corrected chi connectivity index (χ2v) is 8.75. The highest BCUT2D eigenvalue weighted by atomic mass is 32.1. The van der Waals surface area contributed by atoms with Crippen LogP contribution in [0.5, 0.6) is 0 Å². The van der Waals surface area contributed by atoms with Gasteiger partial charge in [0.15, 0.2) is 0 Å². The lowest BCUT2D eigenvalue weighted by Gasteiger charge is -2.22. The third-order valence-corrected chi connectivity index (χ3v) is 6.73. The molecule has 2 aromatic rings. The van der Waals surface area contributed by atoms with Crippen molar-refractivity contribution in [2.24, 2.45) is 5.92 Å². The number of aromatic nitrogens is 2.